The van der Waals surface area contributed by atoms with Crippen LogP contribution in [0, 0.1) is 6.92 Å². The smallest absolute Gasteiger partial charge is 0.291 e. The molecule has 0 aliphatic heterocycles. The second kappa shape index (κ2) is 8.73. The van der Waals surface area contributed by atoms with Crippen LogP contribution < -0.4 is 10.6 Å². The van der Waals surface area contributed by atoms with Gasteiger partial charge in [-0.25, -0.2) is 4.98 Å². The van der Waals surface area contributed by atoms with E-state index in [0.717, 1.165) is 21.0 Å². The molecule has 0 unspecified atom stereocenters. The number of thiazole rings is 1. The van der Waals surface area contributed by atoms with Gasteiger partial charge < -0.3 is 15.1 Å². The van der Waals surface area contributed by atoms with Crippen molar-refractivity contribution in [2.45, 2.75) is 23.9 Å². The molecule has 0 bridgehead atoms. The van der Waals surface area contributed by atoms with Crippen molar-refractivity contribution < 1.29 is 14.0 Å². The molecule has 0 saturated carbocycles. The van der Waals surface area contributed by atoms with Crippen molar-refractivity contribution in [3.8, 4) is 0 Å². The first kappa shape index (κ1) is 20.2. The summed E-state index contributed by atoms with van der Waals surface area (Å²) in [5, 5.41) is 8.50. The van der Waals surface area contributed by atoms with E-state index in [1.807, 2.05) is 36.6 Å². The maximum absolute atomic E-state index is 13.0. The first-order valence-corrected chi connectivity index (χ1v) is 11.1. The minimum atomic E-state index is -0.336. The molecule has 152 valence electrons. The summed E-state index contributed by atoms with van der Waals surface area (Å²) in [6.45, 7) is 3.40. The van der Waals surface area contributed by atoms with Crippen LogP contribution in [-0.4, -0.2) is 16.8 Å². The second-order valence-corrected chi connectivity index (χ2v) is 8.75. The number of fused-ring (bicyclic) bond motifs is 1. The van der Waals surface area contributed by atoms with Gasteiger partial charge in [0.1, 0.15) is 9.92 Å². The molecule has 0 spiro atoms. The molecule has 2 amide bonds. The summed E-state index contributed by atoms with van der Waals surface area (Å²) >= 11 is 3.17. The van der Waals surface area contributed by atoms with Crippen LogP contribution in [0.4, 0.5) is 11.4 Å². The third-order valence-electron chi connectivity index (χ3n) is 4.28. The standard InChI is InChI=1S/C22H19N3O3S2/c1-13-11-29-22(23-13)30-12-18-17-8-3-4-9-19(17)28-20(18)21(27)25-16-7-5-6-15(10-16)24-14(2)26/h3-11H,12H2,1-2H3,(H,24,26)(H,25,27). The highest BCUT2D eigenvalue weighted by Crippen LogP contribution is 2.33. The van der Waals surface area contributed by atoms with E-state index in [2.05, 4.69) is 15.6 Å². The number of hydrogen-bond acceptors (Lipinski definition) is 6. The molecule has 0 atom stereocenters. The predicted molar refractivity (Wildman–Crippen MR) is 121 cm³/mol. The van der Waals surface area contributed by atoms with Crippen LogP contribution in [-0.2, 0) is 10.5 Å². The number of carbonyl (C=O) groups excluding carboxylic acids is 2. The van der Waals surface area contributed by atoms with Crippen molar-refractivity contribution in [1.29, 1.82) is 0 Å². The van der Waals surface area contributed by atoms with Crippen molar-refractivity contribution in [2.75, 3.05) is 10.6 Å². The number of aromatic nitrogens is 1. The number of furan rings is 1. The molecule has 8 heteroatoms. The summed E-state index contributed by atoms with van der Waals surface area (Å²) in [5.41, 5.74) is 3.66. The normalized spacial score (nSPS) is 10.9. The summed E-state index contributed by atoms with van der Waals surface area (Å²) in [4.78, 5) is 28.8. The van der Waals surface area contributed by atoms with Crippen LogP contribution in [0.3, 0.4) is 0 Å². The molecule has 2 heterocycles. The lowest BCUT2D eigenvalue weighted by molar-refractivity contribution is -0.114. The topological polar surface area (TPSA) is 84.2 Å². The molecule has 4 rings (SSSR count). The van der Waals surface area contributed by atoms with Gasteiger partial charge in [-0.1, -0.05) is 36.0 Å². The molecule has 2 aromatic carbocycles. The third-order valence-corrected chi connectivity index (χ3v) is 6.45. The number of aryl methyl sites for hydroxylation is 1. The number of anilines is 2. The highest BCUT2D eigenvalue weighted by Gasteiger charge is 2.21. The predicted octanol–water partition coefficient (Wildman–Crippen LogP) is 5.70. The first-order chi connectivity index (χ1) is 14.5. The Labute approximate surface area is 181 Å². The van der Waals surface area contributed by atoms with Gasteiger partial charge in [-0.05, 0) is 31.2 Å². The van der Waals surface area contributed by atoms with Crippen molar-refractivity contribution in [3.63, 3.8) is 0 Å². The molecular formula is C22H19N3O3S2. The molecule has 4 aromatic rings. The maximum atomic E-state index is 13.0. The Kier molecular flexibility index (Phi) is 5.87. The van der Waals surface area contributed by atoms with Crippen LogP contribution in [0.25, 0.3) is 11.0 Å². The monoisotopic (exact) mass is 437 g/mol. The van der Waals surface area contributed by atoms with Gasteiger partial charge in [0, 0.05) is 46.1 Å². The lowest BCUT2D eigenvalue weighted by Crippen LogP contribution is -2.13. The number of nitrogens with zero attached hydrogens (tertiary/aromatic N) is 1. The number of hydrogen-bond donors (Lipinski definition) is 2. The average molecular weight is 438 g/mol. The minimum absolute atomic E-state index is 0.174. The summed E-state index contributed by atoms with van der Waals surface area (Å²) in [5.74, 6) is 0.338. The quantitative estimate of drug-likeness (QED) is 0.378. The molecule has 30 heavy (non-hydrogen) atoms. The van der Waals surface area contributed by atoms with Gasteiger partial charge in [0.05, 0.1) is 0 Å². The SMILES string of the molecule is CC(=O)Nc1cccc(NC(=O)c2oc3ccccc3c2CSc2nc(C)cs2)c1. The van der Waals surface area contributed by atoms with E-state index < -0.39 is 0 Å². The Hall–Kier alpha value is -3.10. The van der Waals surface area contributed by atoms with Gasteiger partial charge in [-0.3, -0.25) is 9.59 Å². The minimum Gasteiger partial charge on any atom is -0.451 e. The highest BCUT2D eigenvalue weighted by atomic mass is 32.2. The first-order valence-electron chi connectivity index (χ1n) is 9.24. The molecule has 0 aliphatic carbocycles. The Morgan fingerprint density at radius 1 is 1.10 bits per heavy atom. The fraction of sp³-hybridized carbons (Fsp3) is 0.136. The number of thioether (sulfide) groups is 1. The van der Waals surface area contributed by atoms with Gasteiger partial charge in [-0.2, -0.15) is 0 Å². The number of rotatable bonds is 6. The number of para-hydroxylation sites is 1. The Morgan fingerprint density at radius 2 is 1.87 bits per heavy atom. The fourth-order valence-electron chi connectivity index (χ4n) is 3.02. The Morgan fingerprint density at radius 3 is 2.60 bits per heavy atom. The van der Waals surface area contributed by atoms with Gasteiger partial charge in [0.15, 0.2) is 5.76 Å². The van der Waals surface area contributed by atoms with E-state index in [4.69, 9.17) is 4.42 Å². The van der Waals surface area contributed by atoms with Gasteiger partial charge in [0.2, 0.25) is 5.91 Å². The summed E-state index contributed by atoms with van der Waals surface area (Å²) in [6.07, 6.45) is 0. The van der Waals surface area contributed by atoms with E-state index in [-0.39, 0.29) is 17.6 Å². The van der Waals surface area contributed by atoms with E-state index in [1.54, 1.807) is 47.4 Å². The molecule has 0 aliphatic rings. The number of carbonyl (C=O) groups is 2. The number of amides is 2. The average Bonchev–Trinajstić information content (AvgIpc) is 3.29. The molecule has 2 aromatic heterocycles. The summed E-state index contributed by atoms with van der Waals surface area (Å²) in [6, 6.07) is 14.6. The van der Waals surface area contributed by atoms with Crippen molar-refractivity contribution >= 4 is 57.3 Å². The van der Waals surface area contributed by atoms with Gasteiger partial charge in [-0.15, -0.1) is 11.3 Å². The molecule has 2 N–H and O–H groups in total. The van der Waals surface area contributed by atoms with E-state index in [9.17, 15) is 9.59 Å². The summed E-state index contributed by atoms with van der Waals surface area (Å²) in [7, 11) is 0. The summed E-state index contributed by atoms with van der Waals surface area (Å²) < 4.78 is 6.86. The van der Waals surface area contributed by atoms with E-state index >= 15 is 0 Å². The van der Waals surface area contributed by atoms with E-state index in [1.165, 1.54) is 6.92 Å². The Balaban J connectivity index is 1.61. The molecule has 0 radical (unpaired) electrons. The van der Waals surface area contributed by atoms with Gasteiger partial charge in [0.25, 0.3) is 5.91 Å². The Bertz CT molecular complexity index is 1230. The molecular weight excluding hydrogens is 418 g/mol. The van der Waals surface area contributed by atoms with Crippen molar-refractivity contribution in [2.24, 2.45) is 0 Å². The zero-order valence-corrected chi connectivity index (χ0v) is 18.0. The van der Waals surface area contributed by atoms with Gasteiger partial charge >= 0.3 is 0 Å². The van der Waals surface area contributed by atoms with Crippen LogP contribution in [0.2, 0.25) is 0 Å². The fourth-order valence-corrected chi connectivity index (χ4v) is 4.90. The maximum Gasteiger partial charge on any atom is 0.291 e. The van der Waals surface area contributed by atoms with Crippen molar-refractivity contribution in [1.82, 2.24) is 4.98 Å². The third kappa shape index (κ3) is 4.55. The number of benzene rings is 2. The van der Waals surface area contributed by atoms with Crippen LogP contribution in [0.15, 0.2) is 62.7 Å². The lowest BCUT2D eigenvalue weighted by atomic mass is 10.1. The zero-order chi connectivity index (χ0) is 21.1. The zero-order valence-electron chi connectivity index (χ0n) is 16.4. The largest absolute Gasteiger partial charge is 0.451 e. The lowest BCUT2D eigenvalue weighted by Gasteiger charge is -2.08. The van der Waals surface area contributed by atoms with Crippen LogP contribution in [0.1, 0.15) is 28.7 Å². The highest BCUT2D eigenvalue weighted by molar-refractivity contribution is 8.00. The number of nitrogens with one attached hydrogen (secondary N) is 2. The van der Waals surface area contributed by atoms with Crippen LogP contribution >= 0.6 is 23.1 Å². The molecule has 0 fully saturated rings. The molecule has 6 nitrogen and oxygen atoms in total. The van der Waals surface area contributed by atoms with E-state index in [0.29, 0.717) is 22.7 Å². The van der Waals surface area contributed by atoms with Crippen LogP contribution in [0.5, 0.6) is 0 Å². The second-order valence-electron chi connectivity index (χ2n) is 6.67. The molecule has 0 saturated heterocycles. The van der Waals surface area contributed by atoms with Crippen molar-refractivity contribution in [3.05, 3.63) is 70.9 Å².